The van der Waals surface area contributed by atoms with Crippen molar-refractivity contribution >= 4 is 15.9 Å². The van der Waals surface area contributed by atoms with E-state index in [1.165, 1.54) is 12.8 Å². The van der Waals surface area contributed by atoms with Crippen molar-refractivity contribution in [2.75, 3.05) is 6.54 Å². The Labute approximate surface area is 101 Å². The second-order valence-electron chi connectivity index (χ2n) is 3.79. The van der Waals surface area contributed by atoms with Gasteiger partial charge in [0.15, 0.2) is 0 Å². The zero-order chi connectivity index (χ0) is 11.1. The average molecular weight is 274 g/mol. The fourth-order valence-electron chi connectivity index (χ4n) is 1.61. The number of halogens is 1. The van der Waals surface area contributed by atoms with Crippen molar-refractivity contribution in [3.63, 3.8) is 0 Å². The summed E-state index contributed by atoms with van der Waals surface area (Å²) in [7, 11) is 0. The van der Waals surface area contributed by atoms with Crippen LogP contribution in [-0.4, -0.2) is 12.6 Å². The summed E-state index contributed by atoms with van der Waals surface area (Å²) in [5.41, 5.74) is 0. The summed E-state index contributed by atoms with van der Waals surface area (Å²) >= 11 is 3.48. The predicted octanol–water partition coefficient (Wildman–Crippen LogP) is 3.75. The third kappa shape index (κ3) is 4.39. The second kappa shape index (κ2) is 7.07. The van der Waals surface area contributed by atoms with Crippen molar-refractivity contribution in [3.05, 3.63) is 22.6 Å². The van der Waals surface area contributed by atoms with E-state index in [0.717, 1.165) is 29.6 Å². The first-order chi connectivity index (χ1) is 7.27. The molecular weight excluding hydrogens is 254 g/mol. The highest BCUT2D eigenvalue weighted by Gasteiger charge is 2.08. The van der Waals surface area contributed by atoms with Gasteiger partial charge in [-0.3, -0.25) is 0 Å². The zero-order valence-electron chi connectivity index (χ0n) is 9.55. The Balaban J connectivity index is 2.31. The van der Waals surface area contributed by atoms with E-state index < -0.39 is 0 Å². The van der Waals surface area contributed by atoms with Gasteiger partial charge < -0.3 is 9.73 Å². The van der Waals surface area contributed by atoms with Crippen molar-refractivity contribution in [3.8, 4) is 0 Å². The molecule has 0 aliphatic rings. The fourth-order valence-corrected chi connectivity index (χ4v) is 2.01. The average Bonchev–Trinajstić information content (AvgIpc) is 2.65. The molecular formula is C12H20BrNO. The van der Waals surface area contributed by atoms with Gasteiger partial charge >= 0.3 is 0 Å². The lowest BCUT2D eigenvalue weighted by molar-refractivity contribution is 0.434. The van der Waals surface area contributed by atoms with Crippen LogP contribution in [0, 0.1) is 0 Å². The maximum Gasteiger partial charge on any atom is 0.117 e. The first-order valence-electron chi connectivity index (χ1n) is 5.73. The van der Waals surface area contributed by atoms with Gasteiger partial charge in [-0.1, -0.05) is 13.8 Å². The number of furan rings is 1. The van der Waals surface area contributed by atoms with E-state index in [2.05, 4.69) is 35.1 Å². The molecule has 0 aliphatic heterocycles. The molecule has 3 heteroatoms. The zero-order valence-corrected chi connectivity index (χ0v) is 11.1. The molecule has 0 saturated heterocycles. The van der Waals surface area contributed by atoms with Crippen LogP contribution in [-0.2, 0) is 6.42 Å². The van der Waals surface area contributed by atoms with Crippen molar-refractivity contribution in [2.45, 2.75) is 45.6 Å². The van der Waals surface area contributed by atoms with Crippen LogP contribution in [0.2, 0.25) is 0 Å². The van der Waals surface area contributed by atoms with Gasteiger partial charge in [-0.2, -0.15) is 0 Å². The summed E-state index contributed by atoms with van der Waals surface area (Å²) in [6.45, 7) is 5.53. The van der Waals surface area contributed by atoms with E-state index in [-0.39, 0.29) is 0 Å². The number of aryl methyl sites for hydroxylation is 1. The minimum Gasteiger partial charge on any atom is -0.468 e. The van der Waals surface area contributed by atoms with Gasteiger partial charge in [0.2, 0.25) is 0 Å². The normalized spacial score (nSPS) is 13.0. The summed E-state index contributed by atoms with van der Waals surface area (Å²) in [5.74, 6) is 1.06. The smallest absolute Gasteiger partial charge is 0.117 e. The summed E-state index contributed by atoms with van der Waals surface area (Å²) < 4.78 is 6.48. The maximum atomic E-state index is 5.39. The van der Waals surface area contributed by atoms with Gasteiger partial charge in [-0.05, 0) is 47.8 Å². The summed E-state index contributed by atoms with van der Waals surface area (Å²) in [5, 5.41) is 3.54. The van der Waals surface area contributed by atoms with Crippen LogP contribution in [0.15, 0.2) is 21.2 Å². The highest BCUT2D eigenvalue weighted by Crippen LogP contribution is 2.19. The van der Waals surface area contributed by atoms with Crippen LogP contribution in [0.5, 0.6) is 0 Å². The maximum absolute atomic E-state index is 5.39. The topological polar surface area (TPSA) is 25.2 Å². The Morgan fingerprint density at radius 2 is 2.27 bits per heavy atom. The first kappa shape index (κ1) is 12.8. The molecule has 15 heavy (non-hydrogen) atoms. The van der Waals surface area contributed by atoms with Gasteiger partial charge in [-0.25, -0.2) is 0 Å². The second-order valence-corrected chi connectivity index (χ2v) is 4.64. The van der Waals surface area contributed by atoms with E-state index in [0.29, 0.717) is 6.04 Å². The molecule has 1 rings (SSSR count). The summed E-state index contributed by atoms with van der Waals surface area (Å²) in [4.78, 5) is 0. The van der Waals surface area contributed by atoms with E-state index >= 15 is 0 Å². The van der Waals surface area contributed by atoms with Crippen LogP contribution in [0.1, 0.15) is 38.9 Å². The number of nitrogens with one attached hydrogen (secondary N) is 1. The number of hydrogen-bond acceptors (Lipinski definition) is 2. The molecule has 1 heterocycles. The van der Waals surface area contributed by atoms with E-state index in [1.807, 2.05) is 6.07 Å². The molecule has 2 nitrogen and oxygen atoms in total. The van der Waals surface area contributed by atoms with E-state index in [1.54, 1.807) is 6.26 Å². The van der Waals surface area contributed by atoms with Gasteiger partial charge in [-0.15, -0.1) is 0 Å². The molecule has 86 valence electrons. The standard InChI is InChI=1S/C12H20BrNO/c1-3-8-14-10(4-2)5-6-12-11(13)7-9-15-12/h7,9-10,14H,3-6,8H2,1-2H3. The Hall–Kier alpha value is -0.280. The molecule has 0 bridgehead atoms. The van der Waals surface area contributed by atoms with Crippen molar-refractivity contribution in [1.29, 1.82) is 0 Å². The van der Waals surface area contributed by atoms with Gasteiger partial charge in [0.25, 0.3) is 0 Å². The van der Waals surface area contributed by atoms with Gasteiger partial charge in [0.1, 0.15) is 5.76 Å². The van der Waals surface area contributed by atoms with Crippen LogP contribution < -0.4 is 5.32 Å². The molecule has 0 radical (unpaired) electrons. The third-order valence-electron chi connectivity index (χ3n) is 2.59. The van der Waals surface area contributed by atoms with Crippen LogP contribution >= 0.6 is 15.9 Å². The molecule has 0 fully saturated rings. The molecule has 0 aromatic carbocycles. The van der Waals surface area contributed by atoms with Gasteiger partial charge in [0.05, 0.1) is 10.7 Å². The highest BCUT2D eigenvalue weighted by molar-refractivity contribution is 9.10. The monoisotopic (exact) mass is 273 g/mol. The van der Waals surface area contributed by atoms with Crippen molar-refractivity contribution in [1.82, 2.24) is 5.32 Å². The fraction of sp³-hybridized carbons (Fsp3) is 0.667. The lowest BCUT2D eigenvalue weighted by Gasteiger charge is -2.15. The van der Waals surface area contributed by atoms with Gasteiger partial charge in [0, 0.05) is 12.5 Å². The van der Waals surface area contributed by atoms with E-state index in [9.17, 15) is 0 Å². The largest absolute Gasteiger partial charge is 0.468 e. The molecule has 0 aliphatic carbocycles. The Kier molecular flexibility index (Phi) is 6.03. The van der Waals surface area contributed by atoms with Crippen molar-refractivity contribution < 1.29 is 4.42 Å². The minimum absolute atomic E-state index is 0.613. The SMILES string of the molecule is CCCNC(CC)CCc1occc1Br. The minimum atomic E-state index is 0.613. The van der Waals surface area contributed by atoms with Crippen LogP contribution in [0.4, 0.5) is 0 Å². The summed E-state index contributed by atoms with van der Waals surface area (Å²) in [6.07, 6.45) is 6.25. The number of hydrogen-bond donors (Lipinski definition) is 1. The quantitative estimate of drug-likeness (QED) is 0.819. The molecule has 0 amide bonds. The first-order valence-corrected chi connectivity index (χ1v) is 6.52. The Morgan fingerprint density at radius 1 is 1.47 bits per heavy atom. The van der Waals surface area contributed by atoms with Crippen molar-refractivity contribution in [2.24, 2.45) is 0 Å². The molecule has 1 aromatic rings. The Morgan fingerprint density at radius 3 is 2.80 bits per heavy atom. The highest BCUT2D eigenvalue weighted by atomic mass is 79.9. The van der Waals surface area contributed by atoms with E-state index in [4.69, 9.17) is 4.42 Å². The molecule has 1 unspecified atom stereocenters. The molecule has 1 atom stereocenters. The Bertz CT molecular complexity index is 272. The third-order valence-corrected chi connectivity index (χ3v) is 3.29. The van der Waals surface area contributed by atoms with Crippen LogP contribution in [0.3, 0.4) is 0 Å². The molecule has 0 saturated carbocycles. The lowest BCUT2D eigenvalue weighted by Crippen LogP contribution is -2.29. The number of rotatable bonds is 7. The molecule has 1 aromatic heterocycles. The lowest BCUT2D eigenvalue weighted by atomic mass is 10.1. The summed E-state index contributed by atoms with van der Waals surface area (Å²) in [6, 6.07) is 2.57. The molecule has 0 spiro atoms. The predicted molar refractivity (Wildman–Crippen MR) is 67.1 cm³/mol. The van der Waals surface area contributed by atoms with Crippen LogP contribution in [0.25, 0.3) is 0 Å². The molecule has 1 N–H and O–H groups in total.